The molecule has 9 heteroatoms. The van der Waals surface area contributed by atoms with E-state index in [1.807, 2.05) is 5.38 Å². The van der Waals surface area contributed by atoms with Crippen LogP contribution < -0.4 is 15.5 Å². The summed E-state index contributed by atoms with van der Waals surface area (Å²) in [4.78, 5) is 41.4. The number of hydrogen-bond acceptors (Lipinski definition) is 5. The molecular weight excluding hydrogens is 469 g/mol. The van der Waals surface area contributed by atoms with E-state index >= 15 is 0 Å². The monoisotopic (exact) mass is 497 g/mol. The Balaban J connectivity index is 1.65. The minimum atomic E-state index is -1.01. The summed E-state index contributed by atoms with van der Waals surface area (Å²) in [5.74, 6) is -1.86. The van der Waals surface area contributed by atoms with Crippen molar-refractivity contribution in [2.75, 3.05) is 11.4 Å². The van der Waals surface area contributed by atoms with Gasteiger partial charge >= 0.3 is 0 Å². The fraction of sp³-hybridized carbons (Fsp3) is 0.346. The van der Waals surface area contributed by atoms with E-state index in [-0.39, 0.29) is 23.4 Å². The average molecular weight is 498 g/mol. The zero-order chi connectivity index (χ0) is 24.8. The summed E-state index contributed by atoms with van der Waals surface area (Å²) in [6.07, 6.45) is 6.35. The lowest BCUT2D eigenvalue weighted by atomic mass is 9.95. The highest BCUT2D eigenvalue weighted by atomic mass is 32.1. The number of carbonyl (C=O) groups is 3. The van der Waals surface area contributed by atoms with Gasteiger partial charge in [-0.15, -0.1) is 11.3 Å². The molecule has 1 fully saturated rings. The molecule has 0 spiro atoms. The van der Waals surface area contributed by atoms with Crippen LogP contribution in [0.25, 0.3) is 0 Å². The van der Waals surface area contributed by atoms with Crippen molar-refractivity contribution in [2.24, 2.45) is 0 Å². The number of thiophene rings is 1. The second-order valence-corrected chi connectivity index (χ2v) is 9.60. The van der Waals surface area contributed by atoms with Crippen LogP contribution in [-0.2, 0) is 9.59 Å². The molecule has 4 rings (SSSR count). The van der Waals surface area contributed by atoms with E-state index in [1.54, 1.807) is 37.3 Å². The van der Waals surface area contributed by atoms with E-state index in [9.17, 15) is 18.8 Å². The van der Waals surface area contributed by atoms with Gasteiger partial charge in [0.2, 0.25) is 11.8 Å². The summed E-state index contributed by atoms with van der Waals surface area (Å²) in [5.41, 5.74) is 0.661. The van der Waals surface area contributed by atoms with Gasteiger partial charge in [-0.3, -0.25) is 19.3 Å². The molecule has 0 radical (unpaired) electrons. The Morgan fingerprint density at radius 3 is 2.60 bits per heavy atom. The molecule has 0 saturated heterocycles. The van der Waals surface area contributed by atoms with E-state index in [1.165, 1.54) is 34.6 Å². The van der Waals surface area contributed by atoms with Crippen LogP contribution in [0.5, 0.6) is 0 Å². The molecule has 184 valence electrons. The molecule has 0 aliphatic heterocycles. The molecule has 2 N–H and O–H groups in total. The van der Waals surface area contributed by atoms with Gasteiger partial charge in [-0.1, -0.05) is 31.4 Å². The normalized spacial score (nSPS) is 14.8. The number of rotatable bonds is 8. The Kier molecular flexibility index (Phi) is 7.97. The lowest BCUT2D eigenvalue weighted by molar-refractivity contribution is -0.126. The van der Waals surface area contributed by atoms with Gasteiger partial charge in [0.05, 0.1) is 12.8 Å². The maximum atomic E-state index is 14.6. The second kappa shape index (κ2) is 11.3. The van der Waals surface area contributed by atoms with Gasteiger partial charge in [0.15, 0.2) is 5.76 Å². The number of anilines is 1. The minimum absolute atomic E-state index is 0.0315. The fourth-order valence-corrected chi connectivity index (χ4v) is 5.06. The molecule has 7 nitrogen and oxygen atoms in total. The van der Waals surface area contributed by atoms with Crippen molar-refractivity contribution in [3.63, 3.8) is 0 Å². The van der Waals surface area contributed by atoms with Crippen LogP contribution in [0, 0.1) is 12.7 Å². The lowest BCUT2D eigenvalue weighted by Crippen LogP contribution is -2.49. The number of nitrogens with one attached hydrogen (secondary N) is 2. The number of benzene rings is 1. The van der Waals surface area contributed by atoms with Crippen LogP contribution >= 0.6 is 11.3 Å². The Hall–Kier alpha value is -3.46. The zero-order valence-electron chi connectivity index (χ0n) is 19.5. The molecule has 2 aromatic heterocycles. The Morgan fingerprint density at radius 2 is 1.94 bits per heavy atom. The lowest BCUT2D eigenvalue weighted by Gasteiger charge is -2.33. The molecule has 3 amide bonds. The molecule has 1 aliphatic rings. The summed E-state index contributed by atoms with van der Waals surface area (Å²) < 4.78 is 19.6. The molecule has 3 aromatic rings. The topological polar surface area (TPSA) is 91.7 Å². The average Bonchev–Trinajstić information content (AvgIpc) is 3.58. The van der Waals surface area contributed by atoms with Crippen LogP contribution in [0.3, 0.4) is 0 Å². The van der Waals surface area contributed by atoms with Crippen LogP contribution in [0.2, 0.25) is 0 Å². The molecule has 1 saturated carbocycles. The van der Waals surface area contributed by atoms with E-state index < -0.39 is 30.2 Å². The SMILES string of the molecule is Cc1ccc(N(C(=O)CNC(=O)c2ccco2)[C@H](C(=O)NC2CCCCC2)c2cccs2)cc1F. The molecule has 1 aliphatic carbocycles. The Labute approximate surface area is 207 Å². The third-order valence-electron chi connectivity index (χ3n) is 6.12. The van der Waals surface area contributed by atoms with Crippen molar-refractivity contribution in [2.45, 2.75) is 51.1 Å². The first-order valence-electron chi connectivity index (χ1n) is 11.7. The number of aryl methyl sites for hydroxylation is 1. The fourth-order valence-electron chi connectivity index (χ4n) is 4.25. The third-order valence-corrected chi connectivity index (χ3v) is 7.04. The van der Waals surface area contributed by atoms with Crippen LogP contribution in [0.1, 0.15) is 59.1 Å². The number of carbonyl (C=O) groups excluding carboxylic acids is 3. The number of nitrogens with zero attached hydrogens (tertiary/aromatic N) is 1. The quantitative estimate of drug-likeness (QED) is 0.470. The van der Waals surface area contributed by atoms with E-state index in [2.05, 4.69) is 10.6 Å². The first-order valence-corrected chi connectivity index (χ1v) is 12.6. The van der Waals surface area contributed by atoms with Gasteiger partial charge in [-0.2, -0.15) is 0 Å². The van der Waals surface area contributed by atoms with Crippen molar-refractivity contribution in [1.82, 2.24) is 10.6 Å². The predicted octanol–water partition coefficient (Wildman–Crippen LogP) is 4.74. The van der Waals surface area contributed by atoms with Crippen LogP contribution in [0.4, 0.5) is 10.1 Å². The second-order valence-electron chi connectivity index (χ2n) is 8.62. The first-order chi connectivity index (χ1) is 16.9. The highest BCUT2D eigenvalue weighted by Crippen LogP contribution is 2.32. The molecular formula is C26H28FN3O4S. The van der Waals surface area contributed by atoms with Crippen molar-refractivity contribution in [3.8, 4) is 0 Å². The first kappa shape index (κ1) is 24.7. The third kappa shape index (κ3) is 5.97. The van der Waals surface area contributed by atoms with Crippen molar-refractivity contribution >= 4 is 34.7 Å². The van der Waals surface area contributed by atoms with Gasteiger partial charge in [0.1, 0.15) is 11.9 Å². The zero-order valence-corrected chi connectivity index (χ0v) is 20.3. The Morgan fingerprint density at radius 1 is 1.14 bits per heavy atom. The van der Waals surface area contributed by atoms with Crippen molar-refractivity contribution in [1.29, 1.82) is 0 Å². The minimum Gasteiger partial charge on any atom is -0.459 e. The number of amides is 3. The molecule has 35 heavy (non-hydrogen) atoms. The van der Waals surface area contributed by atoms with Gasteiger partial charge in [-0.05, 0) is 61.0 Å². The van der Waals surface area contributed by atoms with Gasteiger partial charge in [0, 0.05) is 16.6 Å². The van der Waals surface area contributed by atoms with E-state index in [0.717, 1.165) is 32.1 Å². The summed E-state index contributed by atoms with van der Waals surface area (Å²) in [5, 5.41) is 7.47. The maximum Gasteiger partial charge on any atom is 0.287 e. The smallest absolute Gasteiger partial charge is 0.287 e. The number of halogens is 1. The molecule has 1 atom stereocenters. The van der Waals surface area contributed by atoms with Gasteiger partial charge in [0.25, 0.3) is 5.91 Å². The number of hydrogen-bond donors (Lipinski definition) is 2. The number of furan rings is 1. The maximum absolute atomic E-state index is 14.6. The molecule has 1 aromatic carbocycles. The summed E-state index contributed by atoms with van der Waals surface area (Å²) in [7, 11) is 0. The predicted molar refractivity (Wildman–Crippen MR) is 132 cm³/mol. The molecule has 0 unspecified atom stereocenters. The summed E-state index contributed by atoms with van der Waals surface area (Å²) in [6.45, 7) is 1.23. The van der Waals surface area contributed by atoms with E-state index in [0.29, 0.717) is 10.4 Å². The molecule has 2 heterocycles. The van der Waals surface area contributed by atoms with E-state index in [4.69, 9.17) is 4.42 Å². The van der Waals surface area contributed by atoms with Crippen LogP contribution in [-0.4, -0.2) is 30.3 Å². The van der Waals surface area contributed by atoms with Gasteiger partial charge in [-0.25, -0.2) is 4.39 Å². The molecule has 0 bridgehead atoms. The highest BCUT2D eigenvalue weighted by Gasteiger charge is 2.35. The summed E-state index contributed by atoms with van der Waals surface area (Å²) >= 11 is 1.34. The van der Waals surface area contributed by atoms with Crippen LogP contribution in [0.15, 0.2) is 58.5 Å². The van der Waals surface area contributed by atoms with Gasteiger partial charge < -0.3 is 15.1 Å². The van der Waals surface area contributed by atoms with Crippen molar-refractivity contribution in [3.05, 3.63) is 76.1 Å². The highest BCUT2D eigenvalue weighted by molar-refractivity contribution is 7.10. The standard InChI is InChI=1S/C26H28FN3O4S/c1-17-11-12-19(15-20(17)27)30(23(31)16-28-25(32)21-9-5-13-34-21)24(22-10-6-14-35-22)26(33)29-18-7-3-2-4-8-18/h5-6,9-15,18,24H,2-4,7-8,16H2,1H3,(H,28,32)(H,29,33)/t24-/m0/s1. The Bertz CT molecular complexity index is 1160. The summed E-state index contributed by atoms with van der Waals surface area (Å²) in [6, 6.07) is 10.1. The largest absolute Gasteiger partial charge is 0.459 e. The van der Waals surface area contributed by atoms with Crippen molar-refractivity contribution < 1.29 is 23.2 Å².